The number of thiophene rings is 1. The molecule has 31 heavy (non-hydrogen) atoms. The number of hydrazone groups is 1. The van der Waals surface area contributed by atoms with Gasteiger partial charge in [0.2, 0.25) is 5.95 Å². The summed E-state index contributed by atoms with van der Waals surface area (Å²) < 4.78 is 16.7. The van der Waals surface area contributed by atoms with E-state index < -0.39 is 0 Å². The average Bonchev–Trinajstić information content (AvgIpc) is 3.28. The number of hydrogen-bond donors (Lipinski definition) is 1. The summed E-state index contributed by atoms with van der Waals surface area (Å²) in [6.07, 6.45) is 2.61. The monoisotopic (exact) mass is 447 g/mol. The average molecular weight is 448 g/mol. The molecule has 4 heterocycles. The summed E-state index contributed by atoms with van der Waals surface area (Å²) in [5, 5.41) is 5.29. The fraction of sp³-hybridized carbons (Fsp3) is 0.600. The van der Waals surface area contributed by atoms with Crippen LogP contribution in [-0.2, 0) is 15.9 Å². The fourth-order valence-electron chi connectivity index (χ4n) is 3.26. The number of nitrogens with zero attached hydrogens (tertiary/aromatic N) is 6. The first-order valence-corrected chi connectivity index (χ1v) is 11.5. The van der Waals surface area contributed by atoms with Crippen LogP contribution in [0.5, 0.6) is 6.01 Å². The Labute approximate surface area is 186 Å². The molecule has 0 aliphatic carbocycles. The van der Waals surface area contributed by atoms with E-state index in [1.165, 1.54) is 4.88 Å². The molecule has 2 aromatic rings. The lowest BCUT2D eigenvalue weighted by atomic mass is 10.4. The van der Waals surface area contributed by atoms with Gasteiger partial charge in [-0.05, 0) is 18.6 Å². The number of morpholine rings is 2. The standard InChI is InChI=1S/C20H29N7O3S/c1-2-16-3-4-18(31-16)25-21-15-17-22-19(27-8-12-29-13-9-27)24-20(23-17)30-14-7-26-5-10-28-11-6-26/h3-4,15,25H,2,5-14H2,1H3/b21-15+. The Bertz CT molecular complexity index is 851. The normalized spacial score (nSPS) is 17.9. The molecule has 0 spiro atoms. The Kier molecular flexibility index (Phi) is 7.99. The maximum atomic E-state index is 5.88. The third kappa shape index (κ3) is 6.57. The van der Waals surface area contributed by atoms with Crippen LogP contribution in [0, 0.1) is 0 Å². The third-order valence-corrected chi connectivity index (χ3v) is 6.16. The molecule has 0 saturated carbocycles. The first kappa shape index (κ1) is 21.9. The van der Waals surface area contributed by atoms with E-state index in [-0.39, 0.29) is 0 Å². The van der Waals surface area contributed by atoms with E-state index in [2.05, 4.69) is 48.3 Å². The molecule has 0 amide bonds. The van der Waals surface area contributed by atoms with Gasteiger partial charge in [-0.1, -0.05) is 6.92 Å². The minimum atomic E-state index is 0.315. The summed E-state index contributed by atoms with van der Waals surface area (Å²) in [5.41, 5.74) is 3.05. The molecule has 2 aromatic heterocycles. The van der Waals surface area contributed by atoms with Crippen LogP contribution in [0.3, 0.4) is 0 Å². The summed E-state index contributed by atoms with van der Waals surface area (Å²) in [6, 6.07) is 4.44. The molecule has 2 fully saturated rings. The van der Waals surface area contributed by atoms with Gasteiger partial charge in [-0.15, -0.1) is 11.3 Å². The van der Waals surface area contributed by atoms with E-state index in [1.807, 2.05) is 6.07 Å². The van der Waals surface area contributed by atoms with Crippen molar-refractivity contribution in [3.63, 3.8) is 0 Å². The van der Waals surface area contributed by atoms with Crippen molar-refractivity contribution in [2.24, 2.45) is 5.10 Å². The first-order valence-electron chi connectivity index (χ1n) is 10.7. The van der Waals surface area contributed by atoms with Gasteiger partial charge >= 0.3 is 6.01 Å². The van der Waals surface area contributed by atoms with Crippen LogP contribution in [0.4, 0.5) is 10.9 Å². The van der Waals surface area contributed by atoms with Crippen molar-refractivity contribution in [2.75, 3.05) is 76.1 Å². The van der Waals surface area contributed by atoms with Gasteiger partial charge < -0.3 is 19.1 Å². The zero-order valence-corrected chi connectivity index (χ0v) is 18.6. The van der Waals surface area contributed by atoms with Crippen molar-refractivity contribution < 1.29 is 14.2 Å². The van der Waals surface area contributed by atoms with Crippen LogP contribution < -0.4 is 15.1 Å². The number of hydrogen-bond acceptors (Lipinski definition) is 11. The second kappa shape index (κ2) is 11.3. The zero-order valence-electron chi connectivity index (χ0n) is 17.8. The number of anilines is 2. The van der Waals surface area contributed by atoms with Gasteiger partial charge in [-0.2, -0.15) is 20.1 Å². The predicted molar refractivity (Wildman–Crippen MR) is 121 cm³/mol. The highest BCUT2D eigenvalue weighted by Gasteiger charge is 2.17. The summed E-state index contributed by atoms with van der Waals surface area (Å²) in [5.74, 6) is 1.04. The van der Waals surface area contributed by atoms with E-state index in [1.54, 1.807) is 17.6 Å². The first-order chi connectivity index (χ1) is 15.3. The van der Waals surface area contributed by atoms with Crippen LogP contribution >= 0.6 is 11.3 Å². The fourth-order valence-corrected chi connectivity index (χ4v) is 4.06. The highest BCUT2D eigenvalue weighted by Crippen LogP contribution is 2.22. The maximum absolute atomic E-state index is 5.88. The summed E-state index contributed by atoms with van der Waals surface area (Å²) in [7, 11) is 0. The molecule has 1 N–H and O–H groups in total. The lowest BCUT2D eigenvalue weighted by Crippen LogP contribution is -2.39. The lowest BCUT2D eigenvalue weighted by Gasteiger charge is -2.27. The Morgan fingerprint density at radius 1 is 1.10 bits per heavy atom. The second-order valence-electron chi connectivity index (χ2n) is 7.17. The minimum absolute atomic E-state index is 0.315. The predicted octanol–water partition coefficient (Wildman–Crippen LogP) is 1.49. The summed E-state index contributed by atoms with van der Waals surface area (Å²) >= 11 is 1.68. The SMILES string of the molecule is CCc1ccc(N/N=C/c2nc(OCCN3CCOCC3)nc(N3CCOCC3)n2)s1. The van der Waals surface area contributed by atoms with Gasteiger partial charge in [-0.25, -0.2) is 0 Å². The van der Waals surface area contributed by atoms with Gasteiger partial charge in [0.05, 0.1) is 32.6 Å². The maximum Gasteiger partial charge on any atom is 0.321 e. The van der Waals surface area contributed by atoms with Crippen LogP contribution in [0.15, 0.2) is 17.2 Å². The Balaban J connectivity index is 1.42. The number of aryl methyl sites for hydroxylation is 1. The van der Waals surface area contributed by atoms with Gasteiger partial charge in [-0.3, -0.25) is 10.3 Å². The van der Waals surface area contributed by atoms with Gasteiger partial charge in [0.1, 0.15) is 11.6 Å². The van der Waals surface area contributed by atoms with E-state index in [0.717, 1.165) is 57.4 Å². The highest BCUT2D eigenvalue weighted by atomic mass is 32.1. The number of ether oxygens (including phenoxy) is 3. The van der Waals surface area contributed by atoms with Crippen molar-refractivity contribution in [1.29, 1.82) is 0 Å². The molecule has 2 aliphatic heterocycles. The smallest absolute Gasteiger partial charge is 0.321 e. The summed E-state index contributed by atoms with van der Waals surface area (Å²) in [6.45, 7) is 9.62. The van der Waals surface area contributed by atoms with E-state index >= 15 is 0 Å². The molecule has 0 bridgehead atoms. The molecule has 10 nitrogen and oxygen atoms in total. The molecule has 2 saturated heterocycles. The van der Waals surface area contributed by atoms with Gasteiger partial charge in [0.15, 0.2) is 5.82 Å². The highest BCUT2D eigenvalue weighted by molar-refractivity contribution is 7.16. The summed E-state index contributed by atoms with van der Waals surface area (Å²) in [4.78, 5) is 19.2. The molecular formula is C20H29N7O3S. The van der Waals surface area contributed by atoms with Crippen molar-refractivity contribution in [3.8, 4) is 6.01 Å². The van der Waals surface area contributed by atoms with Crippen molar-refractivity contribution in [2.45, 2.75) is 13.3 Å². The van der Waals surface area contributed by atoms with Gasteiger partial charge in [0, 0.05) is 37.6 Å². The van der Waals surface area contributed by atoms with Crippen molar-refractivity contribution in [1.82, 2.24) is 19.9 Å². The lowest BCUT2D eigenvalue weighted by molar-refractivity contribution is 0.0317. The number of rotatable bonds is 9. The second-order valence-corrected chi connectivity index (χ2v) is 8.34. The van der Waals surface area contributed by atoms with E-state index in [9.17, 15) is 0 Å². The quantitative estimate of drug-likeness (QED) is 0.453. The van der Waals surface area contributed by atoms with Crippen LogP contribution in [-0.4, -0.2) is 91.8 Å². The van der Waals surface area contributed by atoms with Crippen molar-refractivity contribution in [3.05, 3.63) is 22.8 Å². The Morgan fingerprint density at radius 3 is 2.61 bits per heavy atom. The van der Waals surface area contributed by atoms with E-state index in [0.29, 0.717) is 37.6 Å². The zero-order chi connectivity index (χ0) is 21.3. The molecule has 2 aliphatic rings. The molecule has 0 radical (unpaired) electrons. The minimum Gasteiger partial charge on any atom is -0.462 e. The third-order valence-electron chi connectivity index (χ3n) is 5.02. The molecule has 0 unspecified atom stereocenters. The van der Waals surface area contributed by atoms with Crippen LogP contribution in [0.2, 0.25) is 0 Å². The Hall–Kier alpha value is -2.34. The van der Waals surface area contributed by atoms with E-state index in [4.69, 9.17) is 14.2 Å². The van der Waals surface area contributed by atoms with Crippen molar-refractivity contribution >= 4 is 28.5 Å². The molecule has 168 valence electrons. The Morgan fingerprint density at radius 2 is 1.87 bits per heavy atom. The molecular weight excluding hydrogens is 418 g/mol. The number of aromatic nitrogens is 3. The molecule has 0 aromatic carbocycles. The van der Waals surface area contributed by atoms with Crippen LogP contribution in [0.1, 0.15) is 17.6 Å². The molecule has 0 atom stereocenters. The van der Waals surface area contributed by atoms with Gasteiger partial charge in [0.25, 0.3) is 0 Å². The number of nitrogens with one attached hydrogen (secondary N) is 1. The largest absolute Gasteiger partial charge is 0.462 e. The topological polar surface area (TPSA) is 97.2 Å². The molecule has 11 heteroatoms. The van der Waals surface area contributed by atoms with Crippen LogP contribution in [0.25, 0.3) is 0 Å². The molecule has 4 rings (SSSR count).